The molecule has 1 aliphatic rings. The summed E-state index contributed by atoms with van der Waals surface area (Å²) in [7, 11) is 3.53. The fraction of sp³-hybridized carbons (Fsp3) is 0.433. The summed E-state index contributed by atoms with van der Waals surface area (Å²) in [5.41, 5.74) is 6.17. The van der Waals surface area contributed by atoms with Crippen LogP contribution in [0.1, 0.15) is 45.1 Å². The zero-order valence-corrected chi connectivity index (χ0v) is 23.1. The third kappa shape index (κ3) is 6.48. The number of halogens is 1. The molecule has 0 atom stereocenters. The Morgan fingerprint density at radius 1 is 1.18 bits per heavy atom. The third-order valence-corrected chi connectivity index (χ3v) is 7.02. The second-order valence-electron chi connectivity index (χ2n) is 9.74. The Bertz CT molecular complexity index is 1340. The number of fused-ring (bicyclic) bond motifs is 1. The maximum absolute atomic E-state index is 13.7. The van der Waals surface area contributed by atoms with Gasteiger partial charge in [-0.1, -0.05) is 18.9 Å². The van der Waals surface area contributed by atoms with Gasteiger partial charge in [0.15, 0.2) is 11.5 Å². The van der Waals surface area contributed by atoms with Crippen LogP contribution in [0.5, 0.6) is 11.5 Å². The molecule has 0 unspecified atom stereocenters. The molecule has 0 aliphatic carbocycles. The number of ether oxygens (including phenoxy) is 2. The Morgan fingerprint density at radius 3 is 2.76 bits per heavy atom. The van der Waals surface area contributed by atoms with Gasteiger partial charge in [0.1, 0.15) is 18.0 Å². The molecular weight excluding hydrogens is 481 g/mol. The fourth-order valence-electron chi connectivity index (χ4n) is 4.92. The first kappa shape index (κ1) is 27.5. The molecule has 1 aromatic heterocycles. The van der Waals surface area contributed by atoms with Crippen LogP contribution in [0.4, 0.5) is 15.9 Å². The van der Waals surface area contributed by atoms with Crippen molar-refractivity contribution in [2.75, 3.05) is 45.7 Å². The third-order valence-electron chi connectivity index (χ3n) is 7.02. The van der Waals surface area contributed by atoms with Crippen LogP contribution in [-0.4, -0.2) is 61.0 Å². The maximum atomic E-state index is 13.7. The average molecular weight is 520 g/mol. The lowest BCUT2D eigenvalue weighted by Crippen LogP contribution is -2.37. The summed E-state index contributed by atoms with van der Waals surface area (Å²) in [6, 6.07) is 8.66. The minimum Gasteiger partial charge on any atom is -0.493 e. The van der Waals surface area contributed by atoms with E-state index < -0.39 is 0 Å². The molecule has 4 rings (SSSR count). The molecule has 1 N–H and O–H groups in total. The number of piperidine rings is 1. The van der Waals surface area contributed by atoms with Crippen LogP contribution in [0, 0.1) is 12.7 Å². The van der Waals surface area contributed by atoms with Crippen molar-refractivity contribution in [1.29, 1.82) is 0 Å². The van der Waals surface area contributed by atoms with Gasteiger partial charge in [-0.15, -0.1) is 0 Å². The highest BCUT2D eigenvalue weighted by Gasteiger charge is 2.21. The van der Waals surface area contributed by atoms with E-state index in [-0.39, 0.29) is 5.82 Å². The minimum atomic E-state index is -0.240. The molecule has 0 radical (unpaired) electrons. The highest BCUT2D eigenvalue weighted by molar-refractivity contribution is 6.01. The molecule has 2 aromatic carbocycles. The lowest BCUT2D eigenvalue weighted by molar-refractivity contribution is 0.240. The molecule has 0 bridgehead atoms. The average Bonchev–Trinajstić information content (AvgIpc) is 2.93. The first-order valence-electron chi connectivity index (χ1n) is 13.3. The first-order valence-corrected chi connectivity index (χ1v) is 13.3. The van der Waals surface area contributed by atoms with Gasteiger partial charge in [0.05, 0.1) is 19.2 Å². The summed E-state index contributed by atoms with van der Waals surface area (Å²) in [4.78, 5) is 15.9. The molecule has 1 aliphatic heterocycles. The van der Waals surface area contributed by atoms with Crippen molar-refractivity contribution in [3.05, 3.63) is 59.2 Å². The molecule has 0 saturated carbocycles. The van der Waals surface area contributed by atoms with Crippen molar-refractivity contribution < 1.29 is 13.9 Å². The number of hydrogen-bond acceptors (Lipinski definition) is 7. The van der Waals surface area contributed by atoms with E-state index in [4.69, 9.17) is 9.47 Å². The highest BCUT2D eigenvalue weighted by atomic mass is 19.1. The standard InChI is InChI=1S/C30H38FN5O2/c1-6-8-20(2)24-18-36(13-11-26(24)32-4)12-7-14-38-29-16-23-27(17-28(29)37-5)33-19-34-30(23)35-22-9-10-25(31)21(3)15-22/h9-10,15-17,19H,6-8,11-14,18H2,1-5H3,(H,33,34,35). The van der Waals surface area contributed by atoms with Gasteiger partial charge in [-0.2, -0.15) is 0 Å². The zero-order valence-electron chi connectivity index (χ0n) is 23.1. The maximum Gasteiger partial charge on any atom is 0.162 e. The van der Waals surface area contributed by atoms with Crippen LogP contribution >= 0.6 is 0 Å². The lowest BCUT2D eigenvalue weighted by atomic mass is 9.95. The second kappa shape index (κ2) is 12.8. The Balaban J connectivity index is 1.44. The Labute approximate surface area is 224 Å². The minimum absolute atomic E-state index is 0.240. The van der Waals surface area contributed by atoms with Crippen molar-refractivity contribution in [3.8, 4) is 11.5 Å². The monoisotopic (exact) mass is 519 g/mol. The smallest absolute Gasteiger partial charge is 0.162 e. The number of aromatic nitrogens is 2. The number of allylic oxidation sites excluding steroid dienone is 1. The van der Waals surface area contributed by atoms with E-state index in [2.05, 4.69) is 39.0 Å². The summed E-state index contributed by atoms with van der Waals surface area (Å²) in [5.74, 6) is 1.65. The van der Waals surface area contributed by atoms with Crippen LogP contribution in [-0.2, 0) is 0 Å². The number of benzene rings is 2. The normalized spacial score (nSPS) is 16.6. The number of anilines is 2. The predicted molar refractivity (Wildman–Crippen MR) is 153 cm³/mol. The molecule has 3 aromatic rings. The summed E-state index contributed by atoms with van der Waals surface area (Å²) >= 11 is 0. The Hall–Kier alpha value is -3.52. The van der Waals surface area contributed by atoms with Crippen molar-refractivity contribution >= 4 is 28.1 Å². The van der Waals surface area contributed by atoms with Gasteiger partial charge in [-0.25, -0.2) is 14.4 Å². The summed E-state index contributed by atoms with van der Waals surface area (Å²) in [5, 5.41) is 4.09. The molecule has 7 nitrogen and oxygen atoms in total. The van der Waals surface area contributed by atoms with Gasteiger partial charge < -0.3 is 14.8 Å². The number of methoxy groups -OCH3 is 1. The molecule has 0 amide bonds. The topological polar surface area (TPSA) is 71.9 Å². The molecule has 8 heteroatoms. The molecule has 1 fully saturated rings. The number of aryl methyl sites for hydroxylation is 1. The van der Waals surface area contributed by atoms with Crippen LogP contribution in [0.3, 0.4) is 0 Å². The summed E-state index contributed by atoms with van der Waals surface area (Å²) < 4.78 is 25.5. The zero-order chi connectivity index (χ0) is 27.1. The Kier molecular flexibility index (Phi) is 9.29. The molecular formula is C30H38FN5O2. The van der Waals surface area contributed by atoms with E-state index >= 15 is 0 Å². The predicted octanol–water partition coefficient (Wildman–Crippen LogP) is 6.49. The second-order valence-corrected chi connectivity index (χ2v) is 9.74. The molecule has 202 valence electrons. The molecule has 38 heavy (non-hydrogen) atoms. The van der Waals surface area contributed by atoms with E-state index in [0.29, 0.717) is 29.5 Å². The largest absolute Gasteiger partial charge is 0.493 e. The summed E-state index contributed by atoms with van der Waals surface area (Å²) in [6.45, 7) is 9.69. The molecule has 0 spiro atoms. The SMILES string of the molecule is CCCC(C)=C1CN(CCCOc2cc3c(Nc4ccc(F)c(C)c4)ncnc3cc2OC)CCC1=NC. The quantitative estimate of drug-likeness (QED) is 0.309. The number of hydrogen-bond donors (Lipinski definition) is 1. The highest BCUT2D eigenvalue weighted by Crippen LogP contribution is 2.35. The number of nitrogens with zero attached hydrogens (tertiary/aromatic N) is 4. The van der Waals surface area contributed by atoms with Crippen molar-refractivity contribution in [1.82, 2.24) is 14.9 Å². The van der Waals surface area contributed by atoms with Gasteiger partial charge in [0.2, 0.25) is 0 Å². The van der Waals surface area contributed by atoms with Crippen LogP contribution in [0.15, 0.2) is 52.8 Å². The van der Waals surface area contributed by atoms with Crippen LogP contribution in [0.25, 0.3) is 10.9 Å². The van der Waals surface area contributed by atoms with Gasteiger partial charge in [0, 0.05) is 56.0 Å². The van der Waals surface area contributed by atoms with E-state index in [1.165, 1.54) is 29.3 Å². The van der Waals surface area contributed by atoms with E-state index in [9.17, 15) is 4.39 Å². The first-order chi connectivity index (χ1) is 18.4. The van der Waals surface area contributed by atoms with Crippen molar-refractivity contribution in [2.24, 2.45) is 4.99 Å². The fourth-order valence-corrected chi connectivity index (χ4v) is 4.92. The van der Waals surface area contributed by atoms with E-state index in [1.807, 2.05) is 19.2 Å². The molecule has 1 saturated heterocycles. The van der Waals surface area contributed by atoms with Gasteiger partial charge >= 0.3 is 0 Å². The van der Waals surface area contributed by atoms with Gasteiger partial charge in [0.25, 0.3) is 0 Å². The molecule has 2 heterocycles. The number of likely N-dealkylation sites (tertiary alicyclic amines) is 1. The lowest BCUT2D eigenvalue weighted by Gasteiger charge is -2.31. The Morgan fingerprint density at radius 2 is 2.03 bits per heavy atom. The van der Waals surface area contributed by atoms with Crippen LogP contribution in [0.2, 0.25) is 0 Å². The van der Waals surface area contributed by atoms with E-state index in [1.54, 1.807) is 26.2 Å². The van der Waals surface area contributed by atoms with Gasteiger partial charge in [-0.05, 0) is 62.1 Å². The van der Waals surface area contributed by atoms with Crippen molar-refractivity contribution in [2.45, 2.75) is 46.5 Å². The van der Waals surface area contributed by atoms with Crippen LogP contribution < -0.4 is 14.8 Å². The van der Waals surface area contributed by atoms with Gasteiger partial charge in [-0.3, -0.25) is 9.89 Å². The number of rotatable bonds is 10. The van der Waals surface area contributed by atoms with Crippen molar-refractivity contribution in [3.63, 3.8) is 0 Å². The van der Waals surface area contributed by atoms with E-state index in [0.717, 1.165) is 61.9 Å². The summed E-state index contributed by atoms with van der Waals surface area (Å²) in [6.07, 6.45) is 5.66. The number of nitrogens with one attached hydrogen (secondary N) is 1. The number of aliphatic imine (C=N–C) groups is 1.